The molecular weight excluding hydrogens is 567 g/mol. The Morgan fingerprint density at radius 2 is 1.45 bits per heavy atom. The van der Waals surface area contributed by atoms with E-state index in [2.05, 4.69) is 43.2 Å². The van der Waals surface area contributed by atoms with Crippen LogP contribution in [0.3, 0.4) is 0 Å². The maximum absolute atomic E-state index is 11.8. The van der Waals surface area contributed by atoms with E-state index in [1.165, 1.54) is 5.56 Å². The van der Waals surface area contributed by atoms with Crippen LogP contribution in [0.15, 0.2) is 45.3 Å². The molecule has 2 aliphatic heterocycles. The molecule has 2 saturated heterocycles. The summed E-state index contributed by atoms with van der Waals surface area (Å²) in [6.07, 6.45) is -0.253. The second kappa shape index (κ2) is 10.4. The van der Waals surface area contributed by atoms with Crippen LogP contribution >= 0.6 is 55.1 Å². The van der Waals surface area contributed by atoms with E-state index in [1.807, 2.05) is 51.1 Å². The van der Waals surface area contributed by atoms with Gasteiger partial charge in [0.2, 0.25) is 0 Å². The molecule has 2 aromatic rings. The van der Waals surface area contributed by atoms with Gasteiger partial charge in [0.05, 0.1) is 0 Å². The standard InChI is InChI=1S/C14H17BrClNO2.C9H9BrClN/c1-14(2,3)19-13(18)17-7-9(8-17)11-5-4-10(15)6-12(11)16;10-7-1-2-8(9(11)3-7)6-4-12-5-6/h4-6,9H,7-8H2,1-3H3;1-3,6,12H,4-5H2. The number of ether oxygens (including phenoxy) is 1. The lowest BCUT2D eigenvalue weighted by atomic mass is 9.92. The maximum Gasteiger partial charge on any atom is 0.410 e. The van der Waals surface area contributed by atoms with Crippen LogP contribution in [0.4, 0.5) is 4.79 Å². The quantitative estimate of drug-likeness (QED) is 0.400. The zero-order valence-electron chi connectivity index (χ0n) is 17.7. The molecule has 4 nitrogen and oxygen atoms in total. The number of amides is 1. The number of halogens is 4. The first kappa shape index (κ1) is 24.8. The van der Waals surface area contributed by atoms with Gasteiger partial charge in [-0.05, 0) is 56.2 Å². The molecule has 0 saturated carbocycles. The molecular formula is C23H26Br2Cl2N2O2. The van der Waals surface area contributed by atoms with Crippen molar-refractivity contribution in [1.82, 2.24) is 10.2 Å². The van der Waals surface area contributed by atoms with E-state index in [-0.39, 0.29) is 6.09 Å². The first-order valence-electron chi connectivity index (χ1n) is 10.1. The molecule has 4 rings (SSSR count). The number of benzene rings is 2. The average molecular weight is 593 g/mol. The summed E-state index contributed by atoms with van der Waals surface area (Å²) in [5.41, 5.74) is 1.90. The SMILES string of the molecule is CC(C)(C)OC(=O)N1CC(c2ccc(Br)cc2Cl)C1.Clc1cc(Br)ccc1C1CNC1. The van der Waals surface area contributed by atoms with Gasteiger partial charge in [0.1, 0.15) is 5.60 Å². The molecule has 0 bridgehead atoms. The van der Waals surface area contributed by atoms with Gasteiger partial charge >= 0.3 is 6.09 Å². The van der Waals surface area contributed by atoms with Gasteiger partial charge in [-0.25, -0.2) is 4.79 Å². The highest BCUT2D eigenvalue weighted by Gasteiger charge is 2.35. The van der Waals surface area contributed by atoms with Crippen LogP contribution in [-0.4, -0.2) is 42.8 Å². The zero-order chi connectivity index (χ0) is 22.8. The van der Waals surface area contributed by atoms with Gasteiger partial charge in [0.15, 0.2) is 0 Å². The van der Waals surface area contributed by atoms with E-state index in [9.17, 15) is 4.79 Å². The molecule has 0 radical (unpaired) electrons. The molecule has 0 aliphatic carbocycles. The fraction of sp³-hybridized carbons (Fsp3) is 0.435. The van der Waals surface area contributed by atoms with E-state index in [1.54, 1.807) is 4.90 Å². The summed E-state index contributed by atoms with van der Waals surface area (Å²) in [6.45, 7) is 9.05. The molecule has 168 valence electrons. The van der Waals surface area contributed by atoms with Gasteiger partial charge in [0, 0.05) is 57.0 Å². The van der Waals surface area contributed by atoms with E-state index in [0.717, 1.165) is 37.6 Å². The number of rotatable bonds is 2. The van der Waals surface area contributed by atoms with Crippen molar-refractivity contribution in [2.75, 3.05) is 26.2 Å². The summed E-state index contributed by atoms with van der Waals surface area (Å²) in [7, 11) is 0. The summed E-state index contributed by atoms with van der Waals surface area (Å²) in [5, 5.41) is 4.84. The van der Waals surface area contributed by atoms with Crippen LogP contribution in [0.5, 0.6) is 0 Å². The summed E-state index contributed by atoms with van der Waals surface area (Å²) in [5.74, 6) is 0.915. The van der Waals surface area contributed by atoms with Crippen molar-refractivity contribution >= 4 is 61.2 Å². The molecule has 0 spiro atoms. The Balaban J connectivity index is 0.000000194. The van der Waals surface area contributed by atoms with Gasteiger partial charge in [-0.3, -0.25) is 0 Å². The number of carbonyl (C=O) groups excluding carboxylic acids is 1. The summed E-state index contributed by atoms with van der Waals surface area (Å²) in [4.78, 5) is 13.5. The summed E-state index contributed by atoms with van der Waals surface area (Å²) in [6, 6.07) is 11.9. The predicted molar refractivity (Wildman–Crippen MR) is 134 cm³/mol. The van der Waals surface area contributed by atoms with Crippen molar-refractivity contribution in [3.05, 3.63) is 66.5 Å². The second-order valence-electron chi connectivity index (χ2n) is 8.77. The van der Waals surface area contributed by atoms with Crippen molar-refractivity contribution in [2.24, 2.45) is 0 Å². The number of carbonyl (C=O) groups is 1. The van der Waals surface area contributed by atoms with Crippen LogP contribution in [0.1, 0.15) is 43.7 Å². The lowest BCUT2D eigenvalue weighted by molar-refractivity contribution is 0.00820. The lowest BCUT2D eigenvalue weighted by Crippen LogP contribution is -2.50. The number of hydrogen-bond donors (Lipinski definition) is 1. The first-order chi connectivity index (χ1) is 14.5. The third kappa shape index (κ3) is 6.84. The molecule has 0 atom stereocenters. The molecule has 31 heavy (non-hydrogen) atoms. The number of nitrogens with zero attached hydrogens (tertiary/aromatic N) is 1. The van der Waals surface area contributed by atoms with E-state index >= 15 is 0 Å². The molecule has 1 N–H and O–H groups in total. The largest absolute Gasteiger partial charge is 0.444 e. The minimum atomic E-state index is -0.447. The molecule has 2 heterocycles. The van der Waals surface area contributed by atoms with E-state index < -0.39 is 5.60 Å². The average Bonchev–Trinajstić information content (AvgIpc) is 2.55. The minimum Gasteiger partial charge on any atom is -0.444 e. The number of hydrogen-bond acceptors (Lipinski definition) is 3. The molecule has 8 heteroatoms. The predicted octanol–water partition coefficient (Wildman–Crippen LogP) is 7.23. The number of nitrogens with one attached hydrogen (secondary N) is 1. The number of likely N-dealkylation sites (tertiary alicyclic amines) is 1. The smallest absolute Gasteiger partial charge is 0.410 e. The molecule has 2 aliphatic rings. The summed E-state index contributed by atoms with van der Waals surface area (Å²) >= 11 is 19.1. The normalized spacial score (nSPS) is 16.7. The molecule has 2 fully saturated rings. The highest BCUT2D eigenvalue weighted by Crippen LogP contribution is 2.34. The van der Waals surface area contributed by atoms with Crippen LogP contribution < -0.4 is 5.32 Å². The van der Waals surface area contributed by atoms with Crippen molar-refractivity contribution in [3.63, 3.8) is 0 Å². The molecule has 2 aromatic carbocycles. The Morgan fingerprint density at radius 1 is 0.968 bits per heavy atom. The van der Waals surface area contributed by atoms with Crippen LogP contribution in [0, 0.1) is 0 Å². The Kier molecular flexibility index (Phi) is 8.36. The molecule has 0 aromatic heterocycles. The third-order valence-corrected chi connectivity index (χ3v) is 6.76. The second-order valence-corrected chi connectivity index (χ2v) is 11.4. The Morgan fingerprint density at radius 3 is 1.84 bits per heavy atom. The van der Waals surface area contributed by atoms with E-state index in [4.69, 9.17) is 27.9 Å². The molecule has 1 amide bonds. The van der Waals surface area contributed by atoms with Gasteiger partial charge < -0.3 is 15.0 Å². The van der Waals surface area contributed by atoms with Crippen LogP contribution in [0.2, 0.25) is 10.0 Å². The van der Waals surface area contributed by atoms with Crippen molar-refractivity contribution in [2.45, 2.75) is 38.2 Å². The maximum atomic E-state index is 11.8. The lowest BCUT2D eigenvalue weighted by Gasteiger charge is -2.40. The van der Waals surface area contributed by atoms with Crippen LogP contribution in [0.25, 0.3) is 0 Å². The van der Waals surface area contributed by atoms with Gasteiger partial charge in [0.25, 0.3) is 0 Å². The van der Waals surface area contributed by atoms with Crippen LogP contribution in [-0.2, 0) is 4.74 Å². The summed E-state index contributed by atoms with van der Waals surface area (Å²) < 4.78 is 7.33. The molecule has 0 unspecified atom stereocenters. The third-order valence-electron chi connectivity index (χ3n) is 5.12. The fourth-order valence-electron chi connectivity index (χ4n) is 3.32. The minimum absolute atomic E-state index is 0.253. The zero-order valence-corrected chi connectivity index (χ0v) is 22.4. The topological polar surface area (TPSA) is 41.6 Å². The highest BCUT2D eigenvalue weighted by atomic mass is 79.9. The van der Waals surface area contributed by atoms with Crippen molar-refractivity contribution in [3.8, 4) is 0 Å². The van der Waals surface area contributed by atoms with Gasteiger partial charge in [-0.1, -0.05) is 67.2 Å². The fourth-order valence-corrected chi connectivity index (χ4v) is 4.98. The Bertz CT molecular complexity index is 940. The van der Waals surface area contributed by atoms with Gasteiger partial charge in [-0.2, -0.15) is 0 Å². The highest BCUT2D eigenvalue weighted by molar-refractivity contribution is 9.10. The first-order valence-corrected chi connectivity index (χ1v) is 12.5. The monoisotopic (exact) mass is 590 g/mol. The van der Waals surface area contributed by atoms with Crippen molar-refractivity contribution in [1.29, 1.82) is 0 Å². The van der Waals surface area contributed by atoms with E-state index in [0.29, 0.717) is 24.9 Å². The van der Waals surface area contributed by atoms with Gasteiger partial charge in [-0.15, -0.1) is 0 Å². The Hall–Kier alpha value is -0.790. The Labute approximate surface area is 210 Å². The van der Waals surface area contributed by atoms with Crippen molar-refractivity contribution < 1.29 is 9.53 Å².